The molecule has 0 fully saturated rings. The second kappa shape index (κ2) is 9.07. The molecule has 0 atom stereocenters. The van der Waals surface area contributed by atoms with Crippen molar-refractivity contribution in [2.24, 2.45) is 0 Å². The van der Waals surface area contributed by atoms with Crippen molar-refractivity contribution in [2.45, 2.75) is 19.3 Å². The number of hydrogen-bond donors (Lipinski definition) is 0. The first-order chi connectivity index (χ1) is 21.5. The Hall–Kier alpha value is -5.37. The molecule has 6 aromatic carbocycles. The van der Waals surface area contributed by atoms with Gasteiger partial charge in [0.25, 0.3) is 0 Å². The summed E-state index contributed by atoms with van der Waals surface area (Å²) in [6, 6.07) is 45.9. The van der Waals surface area contributed by atoms with Gasteiger partial charge in [-0.25, -0.2) is 4.85 Å². The summed E-state index contributed by atoms with van der Waals surface area (Å²) in [5.74, 6) is 0. The van der Waals surface area contributed by atoms with E-state index in [9.17, 15) is 0 Å². The minimum atomic E-state index is -0.0877. The van der Waals surface area contributed by atoms with Gasteiger partial charge in [0.2, 0.25) is 0 Å². The molecule has 9 rings (SSSR count). The molecule has 0 unspecified atom stereocenters. The van der Waals surface area contributed by atoms with Gasteiger partial charge in [0.1, 0.15) is 0 Å². The SMILES string of the molecule is [C-]#[N+]c1ccc2c(c1)c1ccccc1n2-c1ccc2sc3ccc(N4c5ccccc5C(C)(C)c5ccccc54)cc3c2c1. The molecule has 0 saturated heterocycles. The lowest BCUT2D eigenvalue weighted by Gasteiger charge is -2.42. The number of fused-ring (bicyclic) bond motifs is 8. The van der Waals surface area contributed by atoms with Gasteiger partial charge in [0, 0.05) is 42.3 Å². The summed E-state index contributed by atoms with van der Waals surface area (Å²) in [7, 11) is 0. The average Bonchev–Trinajstić information content (AvgIpc) is 3.59. The van der Waals surface area contributed by atoms with Crippen LogP contribution >= 0.6 is 11.3 Å². The zero-order valence-corrected chi connectivity index (χ0v) is 25.2. The number of thiophene rings is 1. The minimum Gasteiger partial charge on any atom is -0.310 e. The number of rotatable bonds is 2. The van der Waals surface area contributed by atoms with E-state index < -0.39 is 0 Å². The molecule has 0 saturated carbocycles. The molecule has 44 heavy (non-hydrogen) atoms. The van der Waals surface area contributed by atoms with Crippen molar-refractivity contribution in [3.63, 3.8) is 0 Å². The van der Waals surface area contributed by atoms with Crippen LogP contribution < -0.4 is 4.90 Å². The molecule has 3 heterocycles. The fourth-order valence-electron chi connectivity index (χ4n) is 7.29. The first-order valence-electron chi connectivity index (χ1n) is 14.9. The first kappa shape index (κ1) is 25.2. The van der Waals surface area contributed by atoms with E-state index in [0.29, 0.717) is 5.69 Å². The van der Waals surface area contributed by atoms with Crippen molar-refractivity contribution < 1.29 is 0 Å². The highest BCUT2D eigenvalue weighted by Crippen LogP contribution is 2.52. The molecule has 0 radical (unpaired) electrons. The molecule has 0 spiro atoms. The monoisotopic (exact) mass is 581 g/mol. The van der Waals surface area contributed by atoms with Crippen molar-refractivity contribution in [3.8, 4) is 5.69 Å². The van der Waals surface area contributed by atoms with Gasteiger partial charge in [-0.15, -0.1) is 11.3 Å². The summed E-state index contributed by atoms with van der Waals surface area (Å²) in [6.45, 7) is 12.2. The van der Waals surface area contributed by atoms with Crippen LogP contribution in [0.5, 0.6) is 0 Å². The average molecular weight is 582 g/mol. The van der Waals surface area contributed by atoms with Crippen LogP contribution in [0.1, 0.15) is 25.0 Å². The van der Waals surface area contributed by atoms with E-state index in [1.807, 2.05) is 23.5 Å². The van der Waals surface area contributed by atoms with E-state index in [2.05, 4.69) is 143 Å². The zero-order chi connectivity index (χ0) is 29.6. The van der Waals surface area contributed by atoms with Gasteiger partial charge in [-0.1, -0.05) is 74.5 Å². The van der Waals surface area contributed by atoms with Gasteiger partial charge in [-0.3, -0.25) is 0 Å². The number of para-hydroxylation sites is 3. The molecule has 0 aliphatic carbocycles. The Labute approximate surface area is 259 Å². The molecule has 208 valence electrons. The highest BCUT2D eigenvalue weighted by molar-refractivity contribution is 7.25. The second-order valence-corrected chi connectivity index (χ2v) is 13.2. The predicted molar refractivity (Wildman–Crippen MR) is 187 cm³/mol. The standard InChI is InChI=1S/C40H27N3S/c1-40(2)32-11-5-8-14-36(32)43(37-15-9-6-12-33(37)40)27-18-21-39-31(24-27)30-23-26(17-20-38(30)44-39)42-34-13-7-4-10-28(34)29-22-25(41-3)16-19-35(29)42/h4-24H,1-2H3. The largest absolute Gasteiger partial charge is 0.310 e. The Kier molecular flexibility index (Phi) is 5.18. The van der Waals surface area contributed by atoms with Crippen LogP contribution in [0.3, 0.4) is 0 Å². The van der Waals surface area contributed by atoms with Gasteiger partial charge in [0.05, 0.1) is 29.0 Å². The zero-order valence-electron chi connectivity index (χ0n) is 24.4. The fraction of sp³-hybridized carbons (Fsp3) is 0.0750. The van der Waals surface area contributed by atoms with Crippen molar-refractivity contribution in [1.29, 1.82) is 0 Å². The molecule has 2 aromatic heterocycles. The second-order valence-electron chi connectivity index (χ2n) is 12.1. The summed E-state index contributed by atoms with van der Waals surface area (Å²) >= 11 is 1.85. The van der Waals surface area contributed by atoms with Gasteiger partial charge >= 0.3 is 0 Å². The Balaban J connectivity index is 1.27. The van der Waals surface area contributed by atoms with Gasteiger partial charge in [-0.05, 0) is 83.2 Å². The Bertz CT molecular complexity index is 2460. The number of nitrogens with zero attached hydrogens (tertiary/aromatic N) is 3. The summed E-state index contributed by atoms with van der Waals surface area (Å²) in [5, 5.41) is 4.79. The Morgan fingerprint density at radius 1 is 0.568 bits per heavy atom. The number of aromatic nitrogens is 1. The van der Waals surface area contributed by atoms with E-state index in [1.165, 1.54) is 48.4 Å². The van der Waals surface area contributed by atoms with Crippen molar-refractivity contribution >= 4 is 76.1 Å². The maximum Gasteiger partial charge on any atom is 0.188 e. The van der Waals surface area contributed by atoms with Crippen LogP contribution in [0.4, 0.5) is 22.7 Å². The quantitative estimate of drug-likeness (QED) is 0.185. The lowest BCUT2D eigenvalue weighted by molar-refractivity contribution is 0.632. The molecule has 1 aliphatic heterocycles. The van der Waals surface area contributed by atoms with Gasteiger partial charge in [-0.2, -0.15) is 0 Å². The normalized spacial score (nSPS) is 13.8. The highest BCUT2D eigenvalue weighted by atomic mass is 32.1. The van der Waals surface area contributed by atoms with E-state index >= 15 is 0 Å². The number of anilines is 3. The van der Waals surface area contributed by atoms with E-state index in [0.717, 1.165) is 27.5 Å². The van der Waals surface area contributed by atoms with Gasteiger partial charge < -0.3 is 9.47 Å². The third-order valence-electron chi connectivity index (χ3n) is 9.37. The van der Waals surface area contributed by atoms with Crippen LogP contribution in [0.25, 0.3) is 52.5 Å². The third-order valence-corrected chi connectivity index (χ3v) is 10.5. The first-order valence-corrected chi connectivity index (χ1v) is 15.7. The Morgan fingerprint density at radius 3 is 1.86 bits per heavy atom. The maximum absolute atomic E-state index is 7.55. The number of hydrogen-bond acceptors (Lipinski definition) is 2. The third kappa shape index (κ3) is 3.42. The van der Waals surface area contributed by atoms with Crippen molar-refractivity contribution in [3.05, 3.63) is 150 Å². The lowest BCUT2D eigenvalue weighted by atomic mass is 9.73. The summed E-state index contributed by atoms with van der Waals surface area (Å²) < 4.78 is 4.89. The predicted octanol–water partition coefficient (Wildman–Crippen LogP) is 11.8. The summed E-state index contributed by atoms with van der Waals surface area (Å²) in [6.07, 6.45) is 0. The molecule has 8 aromatic rings. The highest BCUT2D eigenvalue weighted by Gasteiger charge is 2.36. The molecular weight excluding hydrogens is 555 g/mol. The van der Waals surface area contributed by atoms with E-state index in [4.69, 9.17) is 6.57 Å². The summed E-state index contributed by atoms with van der Waals surface area (Å²) in [5.41, 5.74) is 10.3. The molecule has 0 N–H and O–H groups in total. The molecule has 4 heteroatoms. The maximum atomic E-state index is 7.55. The minimum absolute atomic E-state index is 0.0877. The van der Waals surface area contributed by atoms with Crippen molar-refractivity contribution in [1.82, 2.24) is 4.57 Å². The van der Waals surface area contributed by atoms with Crippen LogP contribution in [-0.4, -0.2) is 4.57 Å². The summed E-state index contributed by atoms with van der Waals surface area (Å²) in [4.78, 5) is 6.13. The Morgan fingerprint density at radius 2 is 1.16 bits per heavy atom. The molecule has 3 nitrogen and oxygen atoms in total. The van der Waals surface area contributed by atoms with Crippen LogP contribution in [0.15, 0.2) is 127 Å². The number of benzene rings is 6. The molecule has 0 bridgehead atoms. The molecule has 0 amide bonds. The van der Waals surface area contributed by atoms with Crippen LogP contribution in [0, 0.1) is 6.57 Å². The molecular formula is C40H27N3S. The lowest BCUT2D eigenvalue weighted by Crippen LogP contribution is -2.30. The van der Waals surface area contributed by atoms with E-state index in [-0.39, 0.29) is 5.41 Å². The fourth-order valence-corrected chi connectivity index (χ4v) is 8.35. The topological polar surface area (TPSA) is 12.5 Å². The van der Waals surface area contributed by atoms with Crippen molar-refractivity contribution in [2.75, 3.05) is 4.90 Å². The van der Waals surface area contributed by atoms with Gasteiger partial charge in [0.15, 0.2) is 5.69 Å². The molecule has 1 aliphatic rings. The smallest absolute Gasteiger partial charge is 0.188 e. The van der Waals surface area contributed by atoms with E-state index in [1.54, 1.807) is 0 Å². The van der Waals surface area contributed by atoms with Crippen LogP contribution in [-0.2, 0) is 5.41 Å². The van der Waals surface area contributed by atoms with Crippen LogP contribution in [0.2, 0.25) is 0 Å².